The highest BCUT2D eigenvalue weighted by molar-refractivity contribution is 14.1. The number of halogens is 1. The molecule has 0 spiro atoms. The van der Waals surface area contributed by atoms with Crippen molar-refractivity contribution in [1.82, 2.24) is 29.7 Å². The van der Waals surface area contributed by atoms with Crippen molar-refractivity contribution in [2.24, 2.45) is 7.05 Å². The molecule has 4 rings (SSSR count). The van der Waals surface area contributed by atoms with Gasteiger partial charge >= 0.3 is 0 Å². The summed E-state index contributed by atoms with van der Waals surface area (Å²) in [4.78, 5) is 29.3. The lowest BCUT2D eigenvalue weighted by Crippen LogP contribution is -2.06. The minimum Gasteiger partial charge on any atom is -0.494 e. The van der Waals surface area contributed by atoms with Gasteiger partial charge in [0.15, 0.2) is 17.4 Å². The monoisotopic (exact) mass is 542 g/mol. The van der Waals surface area contributed by atoms with E-state index in [1.807, 2.05) is 18.2 Å². The van der Waals surface area contributed by atoms with E-state index in [1.54, 1.807) is 43.6 Å². The average molecular weight is 542 g/mol. The summed E-state index contributed by atoms with van der Waals surface area (Å²) in [7, 11) is 3.37. The van der Waals surface area contributed by atoms with Crippen LogP contribution in [-0.4, -0.2) is 42.6 Å². The van der Waals surface area contributed by atoms with Crippen molar-refractivity contribution in [2.45, 2.75) is 6.92 Å². The van der Waals surface area contributed by atoms with Crippen molar-refractivity contribution in [3.05, 3.63) is 58.3 Å². The molecular formula is C21H19IN8O2. The molecule has 0 saturated carbocycles. The van der Waals surface area contributed by atoms with Gasteiger partial charge in [0.25, 0.3) is 0 Å². The molecule has 0 fully saturated rings. The van der Waals surface area contributed by atoms with Crippen LogP contribution in [0.15, 0.2) is 49.2 Å². The maximum Gasteiger partial charge on any atom is 0.228 e. The van der Waals surface area contributed by atoms with Gasteiger partial charge in [-0.25, -0.2) is 19.9 Å². The van der Waals surface area contributed by atoms with E-state index in [9.17, 15) is 4.79 Å². The number of carbonyl (C=O) groups is 1. The van der Waals surface area contributed by atoms with Crippen LogP contribution in [-0.2, 0) is 7.05 Å². The van der Waals surface area contributed by atoms with Gasteiger partial charge in [0, 0.05) is 35.3 Å². The van der Waals surface area contributed by atoms with Crippen LogP contribution in [0.1, 0.15) is 17.3 Å². The van der Waals surface area contributed by atoms with Gasteiger partial charge < -0.3 is 15.4 Å². The van der Waals surface area contributed by atoms with Crippen molar-refractivity contribution in [1.29, 1.82) is 0 Å². The van der Waals surface area contributed by atoms with Crippen LogP contribution < -0.4 is 15.4 Å². The number of aryl methyl sites for hydroxylation is 1. The molecule has 3 heterocycles. The number of ketones is 1. The summed E-state index contributed by atoms with van der Waals surface area (Å²) in [6.45, 7) is 1.49. The predicted octanol–water partition coefficient (Wildman–Crippen LogP) is 3.97. The zero-order valence-electron chi connectivity index (χ0n) is 17.5. The third-order valence-corrected chi connectivity index (χ3v) is 5.03. The first-order valence-electron chi connectivity index (χ1n) is 9.50. The average Bonchev–Trinajstić information content (AvgIpc) is 3.21. The number of aromatic nitrogens is 6. The predicted molar refractivity (Wildman–Crippen MR) is 129 cm³/mol. The molecule has 1 aromatic carbocycles. The van der Waals surface area contributed by atoms with Gasteiger partial charge in [-0.2, -0.15) is 5.10 Å². The number of nitrogens with one attached hydrogen (secondary N) is 2. The van der Waals surface area contributed by atoms with E-state index in [-0.39, 0.29) is 5.78 Å². The Bertz CT molecular complexity index is 1270. The van der Waals surface area contributed by atoms with Crippen LogP contribution >= 0.6 is 22.6 Å². The number of carbonyl (C=O) groups excluding carboxylic acids is 1. The number of pyridine rings is 1. The van der Waals surface area contributed by atoms with Gasteiger partial charge in [0.05, 0.1) is 29.6 Å². The fraction of sp³-hybridized carbons (Fsp3) is 0.143. The molecular weight excluding hydrogens is 523 g/mol. The van der Waals surface area contributed by atoms with Crippen LogP contribution in [0.25, 0.3) is 11.4 Å². The Morgan fingerprint density at radius 1 is 1.06 bits per heavy atom. The van der Waals surface area contributed by atoms with Crippen LogP contribution in [0, 0.1) is 3.57 Å². The van der Waals surface area contributed by atoms with E-state index in [0.717, 1.165) is 9.13 Å². The molecule has 0 bridgehead atoms. The van der Waals surface area contributed by atoms with Gasteiger partial charge in [-0.05, 0) is 41.6 Å². The number of hydrogen-bond donors (Lipinski definition) is 2. The topological polar surface area (TPSA) is 120 Å². The summed E-state index contributed by atoms with van der Waals surface area (Å²) >= 11 is 2.13. The number of rotatable bonds is 7. The summed E-state index contributed by atoms with van der Waals surface area (Å²) in [6.07, 6.45) is 6.52. The van der Waals surface area contributed by atoms with Crippen molar-refractivity contribution in [3.63, 3.8) is 0 Å². The first-order chi connectivity index (χ1) is 15.4. The molecule has 0 amide bonds. The van der Waals surface area contributed by atoms with E-state index >= 15 is 0 Å². The molecule has 0 aliphatic carbocycles. The summed E-state index contributed by atoms with van der Waals surface area (Å²) in [5.41, 5.74) is 2.37. The summed E-state index contributed by atoms with van der Waals surface area (Å²) < 4.78 is 8.20. The zero-order valence-corrected chi connectivity index (χ0v) is 19.7. The minimum atomic E-state index is -0.126. The van der Waals surface area contributed by atoms with Gasteiger partial charge in [0.2, 0.25) is 5.95 Å². The number of benzene rings is 1. The third-order valence-electron chi connectivity index (χ3n) is 4.47. The highest BCUT2D eigenvalue weighted by atomic mass is 127. The van der Waals surface area contributed by atoms with Crippen LogP contribution in [0.3, 0.4) is 0 Å². The van der Waals surface area contributed by atoms with Crippen LogP contribution in [0.5, 0.6) is 5.75 Å². The lowest BCUT2D eigenvalue weighted by molar-refractivity contribution is 0.101. The van der Waals surface area contributed by atoms with E-state index in [4.69, 9.17) is 4.74 Å². The normalized spacial score (nSPS) is 10.6. The first kappa shape index (κ1) is 21.6. The zero-order chi connectivity index (χ0) is 22.7. The molecule has 0 radical (unpaired) electrons. The van der Waals surface area contributed by atoms with Crippen LogP contribution in [0.4, 0.5) is 23.1 Å². The third kappa shape index (κ3) is 4.66. The molecule has 0 saturated heterocycles. The Hall–Kier alpha value is -3.61. The number of anilines is 4. The van der Waals surface area contributed by atoms with E-state index in [1.165, 1.54) is 13.1 Å². The molecule has 10 nitrogen and oxygen atoms in total. The lowest BCUT2D eigenvalue weighted by Gasteiger charge is -2.16. The van der Waals surface area contributed by atoms with Gasteiger partial charge in [-0.15, -0.1) is 0 Å². The fourth-order valence-electron chi connectivity index (χ4n) is 3.04. The Kier molecular flexibility index (Phi) is 6.25. The number of para-hydroxylation sites is 1. The smallest absolute Gasteiger partial charge is 0.228 e. The molecule has 162 valence electrons. The minimum absolute atomic E-state index is 0.126. The fourth-order valence-corrected chi connectivity index (χ4v) is 3.32. The molecule has 3 aromatic heterocycles. The van der Waals surface area contributed by atoms with Gasteiger partial charge in [-0.1, -0.05) is 6.07 Å². The SMILES string of the molecule is COc1c(Nc2cc(Nc3ncc(I)cn3)ncc2C(C)=O)cccc1-c1ncn(C)n1. The molecule has 2 N–H and O–H groups in total. The van der Waals surface area contributed by atoms with Gasteiger partial charge in [-0.3, -0.25) is 9.48 Å². The molecule has 0 aliphatic rings. The number of Topliss-reactive ketones (excluding diaryl/α,β-unsaturated/α-hetero) is 1. The number of methoxy groups -OCH3 is 1. The Morgan fingerprint density at radius 2 is 1.84 bits per heavy atom. The second-order valence-electron chi connectivity index (χ2n) is 6.77. The lowest BCUT2D eigenvalue weighted by atomic mass is 10.1. The quantitative estimate of drug-likeness (QED) is 0.264. The Morgan fingerprint density at radius 3 is 2.50 bits per heavy atom. The molecule has 4 aromatic rings. The summed E-state index contributed by atoms with van der Waals surface area (Å²) in [6, 6.07) is 7.32. The van der Waals surface area contributed by atoms with E-state index in [0.29, 0.717) is 40.3 Å². The molecule has 32 heavy (non-hydrogen) atoms. The largest absolute Gasteiger partial charge is 0.494 e. The Balaban J connectivity index is 1.71. The maximum absolute atomic E-state index is 12.2. The summed E-state index contributed by atoms with van der Waals surface area (Å²) in [5, 5.41) is 10.7. The second kappa shape index (κ2) is 9.26. The summed E-state index contributed by atoms with van der Waals surface area (Å²) in [5.74, 6) is 1.85. The molecule has 0 unspecified atom stereocenters. The highest BCUT2D eigenvalue weighted by Gasteiger charge is 2.17. The number of nitrogens with zero attached hydrogens (tertiary/aromatic N) is 6. The van der Waals surface area contributed by atoms with Crippen LogP contribution in [0.2, 0.25) is 0 Å². The maximum atomic E-state index is 12.2. The van der Waals surface area contributed by atoms with E-state index < -0.39 is 0 Å². The van der Waals surface area contributed by atoms with Crippen molar-refractivity contribution in [3.8, 4) is 17.1 Å². The first-order valence-corrected chi connectivity index (χ1v) is 10.6. The molecule has 0 aliphatic heterocycles. The van der Waals surface area contributed by atoms with Crippen molar-refractivity contribution in [2.75, 3.05) is 17.7 Å². The van der Waals surface area contributed by atoms with E-state index in [2.05, 4.69) is 58.3 Å². The number of hydrogen-bond acceptors (Lipinski definition) is 9. The highest BCUT2D eigenvalue weighted by Crippen LogP contribution is 2.37. The standard InChI is InChI=1S/C21H19IN8O2/c1-12(31)15-10-23-18(28-21-24-8-13(22)9-25-21)7-17(15)27-16-6-4-5-14(19(16)32-3)20-26-11-30(2)29-20/h4-11H,1-3H3,(H2,23,24,25,27,28). The van der Waals surface area contributed by atoms with Gasteiger partial charge in [0.1, 0.15) is 12.1 Å². The molecule has 11 heteroatoms. The van der Waals surface area contributed by atoms with Crippen molar-refractivity contribution < 1.29 is 9.53 Å². The second-order valence-corrected chi connectivity index (χ2v) is 8.02. The van der Waals surface area contributed by atoms with Crippen molar-refractivity contribution >= 4 is 51.5 Å². The number of ether oxygens (including phenoxy) is 1. The Labute approximate surface area is 197 Å². The molecule has 0 atom stereocenters.